The minimum atomic E-state index is -3.87. The van der Waals surface area contributed by atoms with Crippen LogP contribution < -0.4 is 0 Å². The summed E-state index contributed by atoms with van der Waals surface area (Å²) in [4.78, 5) is 15.9. The molecule has 2 aromatic rings. The number of piperidine rings is 1. The van der Waals surface area contributed by atoms with Crippen LogP contribution in [0.2, 0.25) is 0 Å². The largest absolute Gasteiger partial charge is 0.346 e. The number of carbonyl (C=O) groups is 1. The molecule has 0 spiro atoms. The minimum Gasteiger partial charge on any atom is -0.346 e. The molecule has 2 aliphatic heterocycles. The highest BCUT2D eigenvalue weighted by atomic mass is 32.2. The first-order valence-electron chi connectivity index (χ1n) is 10.5. The molecule has 0 radical (unpaired) electrons. The van der Waals surface area contributed by atoms with Gasteiger partial charge >= 0.3 is 16.1 Å². The summed E-state index contributed by atoms with van der Waals surface area (Å²) in [5.74, 6) is -0.815. The lowest BCUT2D eigenvalue weighted by molar-refractivity contribution is -0.167. The summed E-state index contributed by atoms with van der Waals surface area (Å²) in [6.07, 6.45) is 2.92. The first-order valence-corrected chi connectivity index (χ1v) is 12.1. The van der Waals surface area contributed by atoms with Crippen LogP contribution in [0.25, 0.3) is 10.9 Å². The first-order chi connectivity index (χ1) is 13.7. The van der Waals surface area contributed by atoms with E-state index in [4.69, 9.17) is 4.18 Å². The van der Waals surface area contributed by atoms with Gasteiger partial charge in [0.1, 0.15) is 0 Å². The monoisotopic (exact) mass is 418 g/mol. The number of hydrogen-bond acceptors (Lipinski definition) is 5. The minimum absolute atomic E-state index is 0.210. The standard InChI is InChI=1S/C22H30N2O4S/c1-5-22(20(25)28-29(26,27)6-2)13-9-14-24-15-12-17-16-10-7-8-11-18(16)23(4)19(17)21(22,24)3/h7-8,10-11H,5-6,9,12-15H2,1-4H3. The second-order valence-electron chi connectivity index (χ2n) is 8.47. The molecule has 2 atom stereocenters. The van der Waals surface area contributed by atoms with Gasteiger partial charge in [-0.05, 0) is 57.7 Å². The molecule has 0 N–H and O–H groups in total. The lowest BCUT2D eigenvalue weighted by Crippen LogP contribution is -2.65. The molecule has 1 aromatic carbocycles. The fourth-order valence-corrected chi connectivity index (χ4v) is 6.37. The molecule has 3 heterocycles. The topological polar surface area (TPSA) is 68.6 Å². The van der Waals surface area contributed by atoms with E-state index in [0.717, 1.165) is 37.1 Å². The van der Waals surface area contributed by atoms with Gasteiger partial charge in [0, 0.05) is 30.2 Å². The van der Waals surface area contributed by atoms with Crippen molar-refractivity contribution in [2.75, 3.05) is 18.8 Å². The smallest absolute Gasteiger partial charge is 0.330 e. The molecule has 4 rings (SSSR count). The van der Waals surface area contributed by atoms with E-state index in [0.29, 0.717) is 12.8 Å². The van der Waals surface area contributed by atoms with Crippen molar-refractivity contribution in [1.82, 2.24) is 9.47 Å². The fourth-order valence-electron chi connectivity index (χ4n) is 5.87. The van der Waals surface area contributed by atoms with E-state index in [1.165, 1.54) is 17.9 Å². The zero-order chi connectivity index (χ0) is 21.0. The van der Waals surface area contributed by atoms with Crippen LogP contribution in [-0.2, 0) is 38.1 Å². The van der Waals surface area contributed by atoms with Crippen LogP contribution in [0.15, 0.2) is 24.3 Å². The van der Waals surface area contributed by atoms with Gasteiger partial charge < -0.3 is 8.75 Å². The summed E-state index contributed by atoms with van der Waals surface area (Å²) in [5, 5.41) is 1.22. The number of para-hydroxylation sites is 1. The third-order valence-electron chi connectivity index (χ3n) is 7.45. The second kappa shape index (κ2) is 6.84. The second-order valence-corrected chi connectivity index (χ2v) is 10.3. The van der Waals surface area contributed by atoms with Crippen LogP contribution in [-0.4, -0.2) is 42.7 Å². The number of aromatic nitrogens is 1. The number of hydrogen-bond donors (Lipinski definition) is 0. The quantitative estimate of drug-likeness (QED) is 0.713. The Morgan fingerprint density at radius 3 is 2.62 bits per heavy atom. The molecule has 1 aromatic heterocycles. The first kappa shape index (κ1) is 20.4. The number of nitrogens with zero attached hydrogens (tertiary/aromatic N) is 2. The molecule has 6 nitrogen and oxygen atoms in total. The zero-order valence-corrected chi connectivity index (χ0v) is 18.5. The summed E-state index contributed by atoms with van der Waals surface area (Å²) < 4.78 is 31.7. The molecule has 7 heteroatoms. The predicted octanol–water partition coefficient (Wildman–Crippen LogP) is 3.33. The normalized spacial score (nSPS) is 27.4. The molecule has 0 aliphatic carbocycles. The Kier molecular flexibility index (Phi) is 4.82. The van der Waals surface area contributed by atoms with Gasteiger partial charge in [0.15, 0.2) is 0 Å². The number of rotatable bonds is 4. The van der Waals surface area contributed by atoms with Gasteiger partial charge in [0.2, 0.25) is 0 Å². The number of fused-ring (bicyclic) bond motifs is 5. The SMILES string of the molecule is CCC1(C(=O)OS(=O)(=O)CC)CCCN2CCc3c(n(C)c4ccccc34)C21C. The lowest BCUT2D eigenvalue weighted by atomic mass is 9.59. The van der Waals surface area contributed by atoms with Crippen LogP contribution in [0.1, 0.15) is 51.3 Å². The summed E-state index contributed by atoms with van der Waals surface area (Å²) in [6, 6.07) is 8.33. The Bertz CT molecular complexity index is 1070. The third kappa shape index (κ3) is 2.70. The van der Waals surface area contributed by atoms with Gasteiger partial charge in [-0.1, -0.05) is 25.1 Å². The molecule has 158 valence electrons. The van der Waals surface area contributed by atoms with Gasteiger partial charge in [-0.25, -0.2) is 0 Å². The molecule has 29 heavy (non-hydrogen) atoms. The van der Waals surface area contributed by atoms with Crippen LogP contribution in [0, 0.1) is 5.41 Å². The molecule has 1 saturated heterocycles. The van der Waals surface area contributed by atoms with Crippen molar-refractivity contribution >= 4 is 27.0 Å². The Labute approximate surface area is 172 Å². The summed E-state index contributed by atoms with van der Waals surface area (Å²) >= 11 is 0. The van der Waals surface area contributed by atoms with Crippen molar-refractivity contribution in [3.05, 3.63) is 35.5 Å². The van der Waals surface area contributed by atoms with Crippen molar-refractivity contribution in [2.45, 2.75) is 52.0 Å². The van der Waals surface area contributed by atoms with Crippen molar-refractivity contribution in [3.63, 3.8) is 0 Å². The van der Waals surface area contributed by atoms with E-state index in [9.17, 15) is 13.2 Å². The molecular formula is C22H30N2O4S. The molecule has 0 saturated carbocycles. The predicted molar refractivity (Wildman–Crippen MR) is 113 cm³/mol. The van der Waals surface area contributed by atoms with Crippen LogP contribution in [0.3, 0.4) is 0 Å². The summed E-state index contributed by atoms with van der Waals surface area (Å²) in [5.41, 5.74) is 2.00. The molecule has 2 unspecified atom stereocenters. The average molecular weight is 419 g/mol. The van der Waals surface area contributed by atoms with Gasteiger partial charge in [-0.3, -0.25) is 9.69 Å². The lowest BCUT2D eigenvalue weighted by Gasteiger charge is -2.58. The Hall–Kier alpha value is -1.86. The number of benzene rings is 1. The van der Waals surface area contributed by atoms with E-state index in [2.05, 4.69) is 35.6 Å². The Balaban J connectivity index is 1.96. The Morgan fingerprint density at radius 1 is 1.21 bits per heavy atom. The van der Waals surface area contributed by atoms with Crippen LogP contribution >= 0.6 is 0 Å². The fraction of sp³-hybridized carbons (Fsp3) is 0.591. The van der Waals surface area contributed by atoms with Crippen LogP contribution in [0.4, 0.5) is 0 Å². The van der Waals surface area contributed by atoms with Crippen molar-refractivity contribution in [2.24, 2.45) is 12.5 Å². The van der Waals surface area contributed by atoms with Gasteiger partial charge in [-0.15, -0.1) is 0 Å². The maximum atomic E-state index is 13.5. The maximum Gasteiger partial charge on any atom is 0.330 e. The van der Waals surface area contributed by atoms with Gasteiger partial charge in [-0.2, -0.15) is 8.42 Å². The highest BCUT2D eigenvalue weighted by molar-refractivity contribution is 7.87. The van der Waals surface area contributed by atoms with Crippen molar-refractivity contribution in [1.29, 1.82) is 0 Å². The van der Waals surface area contributed by atoms with Crippen molar-refractivity contribution < 1.29 is 17.4 Å². The van der Waals surface area contributed by atoms with E-state index in [1.807, 2.05) is 19.1 Å². The molecule has 0 amide bonds. The molecule has 1 fully saturated rings. The van der Waals surface area contributed by atoms with E-state index < -0.39 is 27.0 Å². The van der Waals surface area contributed by atoms with E-state index in [1.54, 1.807) is 0 Å². The highest BCUT2D eigenvalue weighted by Crippen LogP contribution is 2.57. The summed E-state index contributed by atoms with van der Waals surface area (Å²) in [7, 11) is -1.81. The average Bonchev–Trinajstić information content (AvgIpc) is 3.00. The zero-order valence-electron chi connectivity index (χ0n) is 17.7. The van der Waals surface area contributed by atoms with Gasteiger partial charge in [0.25, 0.3) is 0 Å². The summed E-state index contributed by atoms with van der Waals surface area (Å²) in [6.45, 7) is 7.34. The van der Waals surface area contributed by atoms with Crippen LogP contribution in [0.5, 0.6) is 0 Å². The maximum absolute atomic E-state index is 13.5. The third-order valence-corrected chi connectivity index (χ3v) is 8.56. The Morgan fingerprint density at radius 2 is 1.93 bits per heavy atom. The van der Waals surface area contributed by atoms with Crippen molar-refractivity contribution in [3.8, 4) is 0 Å². The number of carbonyl (C=O) groups excluding carboxylic acids is 1. The van der Waals surface area contributed by atoms with Gasteiger partial charge in [0.05, 0.1) is 16.7 Å². The molecular weight excluding hydrogens is 388 g/mol. The molecule has 2 aliphatic rings. The highest BCUT2D eigenvalue weighted by Gasteiger charge is 2.62. The van der Waals surface area contributed by atoms with E-state index in [-0.39, 0.29) is 5.75 Å². The number of aryl methyl sites for hydroxylation is 1. The molecule has 0 bridgehead atoms. The van der Waals surface area contributed by atoms with E-state index >= 15 is 0 Å².